The summed E-state index contributed by atoms with van der Waals surface area (Å²) in [4.78, 5) is 19.5. The Morgan fingerprint density at radius 1 is 1.17 bits per heavy atom. The van der Waals surface area contributed by atoms with Crippen LogP contribution in [0.1, 0.15) is 35.3 Å². The van der Waals surface area contributed by atoms with Gasteiger partial charge in [0.05, 0.1) is 33.1 Å². The van der Waals surface area contributed by atoms with Gasteiger partial charge in [0.2, 0.25) is 5.92 Å². The van der Waals surface area contributed by atoms with Gasteiger partial charge in [0.15, 0.2) is 11.5 Å². The third-order valence-electron chi connectivity index (χ3n) is 6.99. The number of amides is 1. The Morgan fingerprint density at radius 3 is 2.74 bits per heavy atom. The molecule has 1 aliphatic carbocycles. The summed E-state index contributed by atoms with van der Waals surface area (Å²) in [6, 6.07) is 8.53. The van der Waals surface area contributed by atoms with Gasteiger partial charge in [-0.05, 0) is 24.3 Å². The van der Waals surface area contributed by atoms with Gasteiger partial charge in [0.25, 0.3) is 5.91 Å². The van der Waals surface area contributed by atoms with Crippen molar-refractivity contribution in [1.82, 2.24) is 9.88 Å². The van der Waals surface area contributed by atoms with Crippen molar-refractivity contribution >= 4 is 5.91 Å². The topological polar surface area (TPSA) is 79.4 Å². The normalized spacial score (nSPS) is 25.5. The quantitative estimate of drug-likeness (QED) is 0.586. The standard InChI is InChI=1S/C25H28F2N2O6/c1-31-18-5-7-28-21(10-18)25-6-8-29(13-22(25)34-15-35-25)23(30)17-3-4-19(20(9-17)32-2)33-14-16-11-24(26,27)12-16/h3-5,7,9-10,16,22H,6,8,11-15H2,1-2H3/t22?,25-/m1/s1. The number of carbonyl (C=O) groups is 1. The lowest BCUT2D eigenvalue weighted by Gasteiger charge is -2.41. The summed E-state index contributed by atoms with van der Waals surface area (Å²) in [5.41, 5.74) is 0.424. The Kier molecular flexibility index (Phi) is 6.27. The number of methoxy groups -OCH3 is 2. The molecule has 0 spiro atoms. The van der Waals surface area contributed by atoms with E-state index in [0.717, 1.165) is 5.69 Å². The minimum atomic E-state index is -2.59. The second-order valence-electron chi connectivity index (χ2n) is 9.20. The van der Waals surface area contributed by atoms with E-state index in [1.807, 2.05) is 6.07 Å². The highest BCUT2D eigenvalue weighted by Crippen LogP contribution is 2.44. The fourth-order valence-corrected chi connectivity index (χ4v) is 5.01. The summed E-state index contributed by atoms with van der Waals surface area (Å²) in [5, 5.41) is 0. The van der Waals surface area contributed by atoms with Gasteiger partial charge in [-0.2, -0.15) is 0 Å². The Balaban J connectivity index is 1.27. The molecular formula is C25H28F2N2O6. The minimum absolute atomic E-state index is 0.123. The number of ether oxygens (including phenoxy) is 5. The number of hydrogen-bond acceptors (Lipinski definition) is 7. The summed E-state index contributed by atoms with van der Waals surface area (Å²) in [6.07, 6.45) is 1.49. The van der Waals surface area contributed by atoms with Crippen molar-refractivity contribution in [3.63, 3.8) is 0 Å². The molecule has 3 aliphatic rings. The van der Waals surface area contributed by atoms with Gasteiger partial charge in [-0.15, -0.1) is 0 Å². The number of rotatable bonds is 7. The largest absolute Gasteiger partial charge is 0.497 e. The fourth-order valence-electron chi connectivity index (χ4n) is 5.01. The first-order valence-electron chi connectivity index (χ1n) is 11.6. The van der Waals surface area contributed by atoms with Gasteiger partial charge in [-0.1, -0.05) is 0 Å². The van der Waals surface area contributed by atoms with Crippen molar-refractivity contribution in [1.29, 1.82) is 0 Å². The highest BCUT2D eigenvalue weighted by Gasteiger charge is 2.52. The van der Waals surface area contributed by atoms with Gasteiger partial charge in [0.1, 0.15) is 24.2 Å². The van der Waals surface area contributed by atoms with E-state index in [-0.39, 0.29) is 44.2 Å². The summed E-state index contributed by atoms with van der Waals surface area (Å²) in [7, 11) is 3.08. The molecule has 2 aromatic rings. The third kappa shape index (κ3) is 4.52. The Morgan fingerprint density at radius 2 is 2.00 bits per heavy atom. The van der Waals surface area contributed by atoms with Crippen LogP contribution in [0.2, 0.25) is 0 Å². The van der Waals surface area contributed by atoms with Crippen LogP contribution in [-0.4, -0.2) is 68.5 Å². The average Bonchev–Trinajstić information content (AvgIpc) is 3.30. The minimum Gasteiger partial charge on any atom is -0.497 e. The number of fused-ring (bicyclic) bond motifs is 1. The van der Waals surface area contributed by atoms with E-state index in [0.29, 0.717) is 42.3 Å². The summed E-state index contributed by atoms with van der Waals surface area (Å²) in [6.45, 7) is 1.10. The van der Waals surface area contributed by atoms with Crippen molar-refractivity contribution < 1.29 is 37.3 Å². The first kappa shape index (κ1) is 23.7. The van der Waals surface area contributed by atoms with Crippen LogP contribution in [0.5, 0.6) is 17.2 Å². The smallest absolute Gasteiger partial charge is 0.254 e. The number of carbonyl (C=O) groups excluding carboxylic acids is 1. The molecule has 2 aliphatic heterocycles. The maximum Gasteiger partial charge on any atom is 0.254 e. The van der Waals surface area contributed by atoms with Gasteiger partial charge < -0.3 is 28.6 Å². The summed E-state index contributed by atoms with van der Waals surface area (Å²) < 4.78 is 54.5. The number of aromatic nitrogens is 1. The van der Waals surface area contributed by atoms with E-state index >= 15 is 0 Å². The van der Waals surface area contributed by atoms with Crippen LogP contribution in [0.15, 0.2) is 36.5 Å². The number of alkyl halides is 2. The lowest BCUT2D eigenvalue weighted by molar-refractivity contribution is -0.119. The molecule has 5 rings (SSSR count). The molecule has 35 heavy (non-hydrogen) atoms. The lowest BCUT2D eigenvalue weighted by atomic mass is 9.82. The Bertz CT molecular complexity index is 1090. The van der Waals surface area contributed by atoms with Gasteiger partial charge in [-0.25, -0.2) is 8.78 Å². The zero-order valence-corrected chi connectivity index (χ0v) is 19.7. The molecule has 1 saturated carbocycles. The van der Waals surface area contributed by atoms with Crippen molar-refractivity contribution in [2.45, 2.75) is 36.9 Å². The van der Waals surface area contributed by atoms with Crippen LogP contribution in [0, 0.1) is 5.92 Å². The molecule has 0 N–H and O–H groups in total. The molecule has 1 aromatic heterocycles. The van der Waals surface area contributed by atoms with Crippen LogP contribution < -0.4 is 14.2 Å². The number of likely N-dealkylation sites (tertiary alicyclic amines) is 1. The number of hydrogen-bond donors (Lipinski definition) is 0. The molecule has 2 atom stereocenters. The van der Waals surface area contributed by atoms with E-state index in [1.54, 1.807) is 42.5 Å². The molecule has 8 nitrogen and oxygen atoms in total. The molecule has 0 radical (unpaired) electrons. The zero-order chi connectivity index (χ0) is 24.6. The van der Waals surface area contributed by atoms with Crippen molar-refractivity contribution in [2.24, 2.45) is 5.92 Å². The first-order valence-corrected chi connectivity index (χ1v) is 11.6. The molecular weight excluding hydrogens is 462 g/mol. The maximum absolute atomic E-state index is 13.3. The number of benzene rings is 1. The maximum atomic E-state index is 13.3. The van der Waals surface area contributed by atoms with E-state index < -0.39 is 11.5 Å². The van der Waals surface area contributed by atoms with Crippen molar-refractivity contribution in [3.8, 4) is 17.2 Å². The molecule has 2 saturated heterocycles. The van der Waals surface area contributed by atoms with Crippen LogP contribution in [0.25, 0.3) is 0 Å². The molecule has 3 heterocycles. The summed E-state index contributed by atoms with van der Waals surface area (Å²) in [5.74, 6) is -1.45. The van der Waals surface area contributed by atoms with E-state index in [4.69, 9.17) is 23.7 Å². The predicted octanol–water partition coefficient (Wildman–Crippen LogP) is 3.64. The SMILES string of the molecule is COc1ccnc([C@]23CCN(C(=O)c4ccc(OCC5CC(F)(F)C5)c(OC)c4)CC2OCO3)c1. The van der Waals surface area contributed by atoms with Gasteiger partial charge in [-0.3, -0.25) is 9.78 Å². The van der Waals surface area contributed by atoms with Crippen molar-refractivity contribution in [2.75, 3.05) is 40.7 Å². The highest BCUT2D eigenvalue weighted by molar-refractivity contribution is 5.95. The molecule has 10 heteroatoms. The van der Waals surface area contributed by atoms with E-state index in [2.05, 4.69) is 4.98 Å². The summed E-state index contributed by atoms with van der Waals surface area (Å²) >= 11 is 0. The molecule has 188 valence electrons. The molecule has 1 unspecified atom stereocenters. The Labute approximate surface area is 202 Å². The van der Waals surface area contributed by atoms with Crippen LogP contribution in [-0.2, 0) is 15.1 Å². The van der Waals surface area contributed by atoms with E-state index in [9.17, 15) is 13.6 Å². The molecule has 1 amide bonds. The zero-order valence-electron chi connectivity index (χ0n) is 19.7. The number of halogens is 2. The molecule has 3 fully saturated rings. The monoisotopic (exact) mass is 490 g/mol. The average molecular weight is 491 g/mol. The van der Waals surface area contributed by atoms with Crippen molar-refractivity contribution in [3.05, 3.63) is 47.8 Å². The van der Waals surface area contributed by atoms with Crippen LogP contribution in [0.4, 0.5) is 8.78 Å². The molecule has 1 aromatic carbocycles. The lowest BCUT2D eigenvalue weighted by Crippen LogP contribution is -2.53. The first-order chi connectivity index (χ1) is 16.8. The Hall–Kier alpha value is -2.98. The predicted molar refractivity (Wildman–Crippen MR) is 120 cm³/mol. The number of piperidine rings is 1. The number of nitrogens with zero attached hydrogens (tertiary/aromatic N) is 2. The van der Waals surface area contributed by atoms with Gasteiger partial charge in [0, 0.05) is 49.6 Å². The fraction of sp³-hybridized carbons (Fsp3) is 0.520. The molecule has 0 bridgehead atoms. The van der Waals surface area contributed by atoms with Crippen LogP contribution in [0.3, 0.4) is 0 Å². The third-order valence-corrected chi connectivity index (χ3v) is 6.99. The number of pyridine rings is 1. The van der Waals surface area contributed by atoms with Crippen LogP contribution >= 0.6 is 0 Å². The van der Waals surface area contributed by atoms with Gasteiger partial charge >= 0.3 is 0 Å². The van der Waals surface area contributed by atoms with E-state index in [1.165, 1.54) is 7.11 Å². The highest BCUT2D eigenvalue weighted by atomic mass is 19.3. The second kappa shape index (κ2) is 9.23. The second-order valence-corrected chi connectivity index (χ2v) is 9.20.